The summed E-state index contributed by atoms with van der Waals surface area (Å²) in [4.78, 5) is 17.7. The molecular weight excluding hydrogens is 470 g/mol. The maximum Gasteiger partial charge on any atom is 0.264 e. The van der Waals surface area contributed by atoms with Crippen LogP contribution in [-0.4, -0.2) is 51.9 Å². The van der Waals surface area contributed by atoms with Crippen molar-refractivity contribution < 1.29 is 13.2 Å². The fourth-order valence-electron chi connectivity index (χ4n) is 4.72. The van der Waals surface area contributed by atoms with E-state index in [1.165, 1.54) is 21.1 Å². The average Bonchev–Trinajstić information content (AvgIpc) is 2.85. The molecule has 0 radical (unpaired) electrons. The average molecular weight is 506 g/mol. The molecule has 0 atom stereocenters. The molecule has 1 amide bonds. The summed E-state index contributed by atoms with van der Waals surface area (Å²) >= 11 is 0. The molecule has 0 unspecified atom stereocenters. The summed E-state index contributed by atoms with van der Waals surface area (Å²) in [5.41, 5.74) is 7.06. The van der Waals surface area contributed by atoms with Crippen molar-refractivity contribution in [3.05, 3.63) is 88.5 Å². The van der Waals surface area contributed by atoms with E-state index in [0.717, 1.165) is 16.7 Å². The minimum atomic E-state index is -3.93. The molecule has 1 heterocycles. The van der Waals surface area contributed by atoms with Gasteiger partial charge in [0.2, 0.25) is 5.91 Å². The molecule has 1 aliphatic rings. The number of amides is 1. The number of carbonyl (C=O) groups excluding carboxylic acids is 1. The van der Waals surface area contributed by atoms with Crippen LogP contribution in [0, 0.1) is 34.6 Å². The van der Waals surface area contributed by atoms with Crippen LogP contribution >= 0.6 is 0 Å². The lowest BCUT2D eigenvalue weighted by molar-refractivity contribution is -0.129. The number of rotatable bonds is 6. The first-order valence-electron chi connectivity index (χ1n) is 12.3. The number of hydrogen-bond donors (Lipinski definition) is 0. The predicted molar refractivity (Wildman–Crippen MR) is 146 cm³/mol. The Kier molecular flexibility index (Phi) is 7.41. The molecule has 1 fully saturated rings. The fourth-order valence-corrected chi connectivity index (χ4v) is 6.20. The van der Waals surface area contributed by atoms with Gasteiger partial charge in [-0.05, 0) is 75.6 Å². The van der Waals surface area contributed by atoms with Crippen LogP contribution in [0.15, 0.2) is 65.6 Å². The standard InChI is InChI=1S/C29H35N3O3S/c1-21-9-12-26(13-10-21)36(34,35)32(27-14-11-22(2)19-24(27)4)20-29(33)31-17-15-30(16-18-31)28-8-6-7-23(3)25(28)5/h6-14,19H,15-18,20H2,1-5H3. The zero-order chi connectivity index (χ0) is 26.0. The van der Waals surface area contributed by atoms with Gasteiger partial charge < -0.3 is 9.80 Å². The summed E-state index contributed by atoms with van der Waals surface area (Å²) in [6.07, 6.45) is 0. The van der Waals surface area contributed by atoms with E-state index in [9.17, 15) is 13.2 Å². The van der Waals surface area contributed by atoms with Gasteiger partial charge in [0.25, 0.3) is 10.0 Å². The Morgan fingerprint density at radius 1 is 0.806 bits per heavy atom. The molecule has 3 aromatic carbocycles. The topological polar surface area (TPSA) is 60.9 Å². The third-order valence-corrected chi connectivity index (χ3v) is 8.83. The summed E-state index contributed by atoms with van der Waals surface area (Å²) in [5, 5.41) is 0. The van der Waals surface area contributed by atoms with E-state index in [2.05, 4.69) is 36.9 Å². The van der Waals surface area contributed by atoms with E-state index < -0.39 is 10.0 Å². The molecule has 6 nitrogen and oxygen atoms in total. The molecule has 190 valence electrons. The normalized spacial score (nSPS) is 14.1. The van der Waals surface area contributed by atoms with Gasteiger partial charge in [0.05, 0.1) is 10.6 Å². The van der Waals surface area contributed by atoms with Gasteiger partial charge >= 0.3 is 0 Å². The Balaban J connectivity index is 1.57. The summed E-state index contributed by atoms with van der Waals surface area (Å²) in [7, 11) is -3.93. The number of benzene rings is 3. The van der Waals surface area contributed by atoms with Crippen molar-refractivity contribution in [2.75, 3.05) is 41.9 Å². The summed E-state index contributed by atoms with van der Waals surface area (Å²) in [6.45, 7) is 12.3. The molecule has 0 bridgehead atoms. The second-order valence-electron chi connectivity index (χ2n) is 9.70. The van der Waals surface area contributed by atoms with Crippen LogP contribution in [0.2, 0.25) is 0 Å². The molecule has 7 heteroatoms. The smallest absolute Gasteiger partial charge is 0.264 e. The molecule has 0 N–H and O–H groups in total. The highest BCUT2D eigenvalue weighted by Crippen LogP contribution is 2.29. The highest BCUT2D eigenvalue weighted by molar-refractivity contribution is 7.92. The summed E-state index contributed by atoms with van der Waals surface area (Å²) < 4.78 is 28.8. The minimum absolute atomic E-state index is 0.181. The molecule has 1 saturated heterocycles. The second-order valence-corrected chi connectivity index (χ2v) is 11.6. The largest absolute Gasteiger partial charge is 0.368 e. The van der Waals surface area contributed by atoms with E-state index in [-0.39, 0.29) is 17.3 Å². The van der Waals surface area contributed by atoms with Crippen LogP contribution in [0.5, 0.6) is 0 Å². The number of sulfonamides is 1. The van der Waals surface area contributed by atoms with Gasteiger partial charge in [0.1, 0.15) is 6.54 Å². The molecule has 3 aromatic rings. The van der Waals surface area contributed by atoms with Gasteiger partial charge in [-0.2, -0.15) is 0 Å². The van der Waals surface area contributed by atoms with Crippen LogP contribution in [-0.2, 0) is 14.8 Å². The Morgan fingerprint density at radius 3 is 2.08 bits per heavy atom. The van der Waals surface area contributed by atoms with Crippen LogP contribution in [0.25, 0.3) is 0 Å². The van der Waals surface area contributed by atoms with Crippen molar-refractivity contribution in [2.45, 2.75) is 39.5 Å². The fraction of sp³-hybridized carbons (Fsp3) is 0.345. The number of nitrogens with zero attached hydrogens (tertiary/aromatic N) is 3. The van der Waals surface area contributed by atoms with Gasteiger partial charge in [-0.15, -0.1) is 0 Å². The van der Waals surface area contributed by atoms with Gasteiger partial charge in [0.15, 0.2) is 0 Å². The monoisotopic (exact) mass is 505 g/mol. The van der Waals surface area contributed by atoms with E-state index in [1.807, 2.05) is 32.9 Å². The maximum atomic E-state index is 13.8. The zero-order valence-electron chi connectivity index (χ0n) is 21.8. The molecule has 36 heavy (non-hydrogen) atoms. The first-order valence-corrected chi connectivity index (χ1v) is 13.8. The van der Waals surface area contributed by atoms with Gasteiger partial charge in [0, 0.05) is 31.9 Å². The first kappa shape index (κ1) is 25.8. The molecule has 0 spiro atoms. The highest BCUT2D eigenvalue weighted by Gasteiger charge is 2.31. The summed E-state index contributed by atoms with van der Waals surface area (Å²) in [5.74, 6) is -0.189. The molecular formula is C29H35N3O3S. The molecule has 1 aliphatic heterocycles. The van der Waals surface area contributed by atoms with Crippen molar-refractivity contribution in [1.82, 2.24) is 4.90 Å². The maximum absolute atomic E-state index is 13.8. The number of carbonyl (C=O) groups is 1. The number of aryl methyl sites for hydroxylation is 4. The molecule has 0 saturated carbocycles. The Morgan fingerprint density at radius 2 is 1.44 bits per heavy atom. The van der Waals surface area contributed by atoms with Gasteiger partial charge in [-0.25, -0.2) is 8.42 Å². The predicted octanol–water partition coefficient (Wildman–Crippen LogP) is 4.77. The lowest BCUT2D eigenvalue weighted by Crippen LogP contribution is -2.52. The molecule has 4 rings (SSSR count). The van der Waals surface area contributed by atoms with E-state index >= 15 is 0 Å². The first-order chi connectivity index (χ1) is 17.1. The Labute approximate surface area is 215 Å². The number of hydrogen-bond acceptors (Lipinski definition) is 4. The number of piperazine rings is 1. The molecule has 0 aliphatic carbocycles. The van der Waals surface area contributed by atoms with Crippen molar-refractivity contribution in [2.24, 2.45) is 0 Å². The van der Waals surface area contributed by atoms with Crippen LogP contribution in [0.3, 0.4) is 0 Å². The van der Waals surface area contributed by atoms with Crippen LogP contribution < -0.4 is 9.21 Å². The van der Waals surface area contributed by atoms with Crippen molar-refractivity contribution in [3.8, 4) is 0 Å². The Bertz CT molecular complexity index is 1360. The van der Waals surface area contributed by atoms with E-state index in [1.54, 1.807) is 35.2 Å². The number of anilines is 2. The zero-order valence-corrected chi connectivity index (χ0v) is 22.6. The third kappa shape index (κ3) is 5.26. The van der Waals surface area contributed by atoms with Crippen molar-refractivity contribution >= 4 is 27.3 Å². The lowest BCUT2D eigenvalue weighted by atomic mass is 10.1. The third-order valence-electron chi connectivity index (χ3n) is 7.06. The van der Waals surface area contributed by atoms with Crippen molar-refractivity contribution in [3.63, 3.8) is 0 Å². The van der Waals surface area contributed by atoms with E-state index in [0.29, 0.717) is 31.9 Å². The van der Waals surface area contributed by atoms with E-state index in [4.69, 9.17) is 0 Å². The minimum Gasteiger partial charge on any atom is -0.368 e. The summed E-state index contributed by atoms with van der Waals surface area (Å²) in [6, 6.07) is 18.7. The highest BCUT2D eigenvalue weighted by atomic mass is 32.2. The van der Waals surface area contributed by atoms with Crippen LogP contribution in [0.1, 0.15) is 27.8 Å². The quantitative estimate of drug-likeness (QED) is 0.484. The SMILES string of the molecule is Cc1ccc(S(=O)(=O)N(CC(=O)N2CCN(c3cccc(C)c3C)CC2)c2ccc(C)cc2C)cc1. The molecule has 0 aromatic heterocycles. The lowest BCUT2D eigenvalue weighted by Gasteiger charge is -2.38. The van der Waals surface area contributed by atoms with Gasteiger partial charge in [-0.1, -0.05) is 47.5 Å². The van der Waals surface area contributed by atoms with Crippen LogP contribution in [0.4, 0.5) is 11.4 Å². The van der Waals surface area contributed by atoms with Gasteiger partial charge in [-0.3, -0.25) is 9.10 Å². The van der Waals surface area contributed by atoms with Crippen molar-refractivity contribution in [1.29, 1.82) is 0 Å². The Hall–Kier alpha value is -3.32. The second kappa shape index (κ2) is 10.3.